The van der Waals surface area contributed by atoms with Crippen LogP contribution in [0.1, 0.15) is 39.5 Å². The fourth-order valence-electron chi connectivity index (χ4n) is 5.21. The second kappa shape index (κ2) is 9.29. The SMILES string of the molecule is CCn1cc(/C=C2\Oc3c(cc4c(c3C)OCN(Cc3ccccc3Cl)C4)C2=O)c2cc(OC)ccc21. The maximum atomic E-state index is 13.5. The number of ketones is 1. The van der Waals surface area contributed by atoms with Gasteiger partial charge in [-0.05, 0) is 55.8 Å². The zero-order valence-electron chi connectivity index (χ0n) is 21.0. The van der Waals surface area contributed by atoms with Gasteiger partial charge >= 0.3 is 0 Å². The van der Waals surface area contributed by atoms with E-state index in [2.05, 4.69) is 16.4 Å². The number of allylic oxidation sites excluding steroid dienone is 1. The minimum atomic E-state index is -0.121. The molecular weight excluding hydrogens is 488 g/mol. The number of rotatable bonds is 5. The van der Waals surface area contributed by atoms with Crippen molar-refractivity contribution in [2.45, 2.75) is 33.5 Å². The molecule has 0 radical (unpaired) electrons. The van der Waals surface area contributed by atoms with Gasteiger partial charge in [-0.3, -0.25) is 9.69 Å². The van der Waals surface area contributed by atoms with Crippen LogP contribution in [-0.4, -0.2) is 29.1 Å². The van der Waals surface area contributed by atoms with Gasteiger partial charge in [-0.25, -0.2) is 0 Å². The number of carbonyl (C=O) groups is 1. The molecule has 4 aromatic rings. The highest BCUT2D eigenvalue weighted by Crippen LogP contribution is 2.43. The van der Waals surface area contributed by atoms with Crippen molar-refractivity contribution in [2.24, 2.45) is 0 Å². The summed E-state index contributed by atoms with van der Waals surface area (Å²) in [7, 11) is 1.65. The Morgan fingerprint density at radius 3 is 2.76 bits per heavy atom. The molecule has 37 heavy (non-hydrogen) atoms. The predicted molar refractivity (Wildman–Crippen MR) is 144 cm³/mol. The Bertz CT molecular complexity index is 1590. The van der Waals surface area contributed by atoms with E-state index in [4.69, 9.17) is 25.8 Å². The molecule has 0 saturated carbocycles. The lowest BCUT2D eigenvalue weighted by atomic mass is 9.99. The van der Waals surface area contributed by atoms with Gasteiger partial charge in [0.1, 0.15) is 24.0 Å². The van der Waals surface area contributed by atoms with Gasteiger partial charge in [0.15, 0.2) is 5.76 Å². The van der Waals surface area contributed by atoms with Crippen LogP contribution in [0.5, 0.6) is 17.2 Å². The molecule has 0 N–H and O–H groups in total. The van der Waals surface area contributed by atoms with Crippen LogP contribution in [0.15, 0.2) is 60.5 Å². The first-order valence-electron chi connectivity index (χ1n) is 12.3. The van der Waals surface area contributed by atoms with Crippen LogP contribution >= 0.6 is 11.6 Å². The molecule has 0 amide bonds. The van der Waals surface area contributed by atoms with E-state index in [1.54, 1.807) is 7.11 Å². The Labute approximate surface area is 220 Å². The van der Waals surface area contributed by atoms with E-state index < -0.39 is 0 Å². The van der Waals surface area contributed by atoms with Gasteiger partial charge in [0.25, 0.3) is 0 Å². The van der Waals surface area contributed by atoms with Gasteiger partial charge in [0.05, 0.1) is 12.7 Å². The fourth-order valence-corrected chi connectivity index (χ4v) is 5.41. The molecule has 6 nitrogen and oxygen atoms in total. The van der Waals surface area contributed by atoms with Gasteiger partial charge < -0.3 is 18.8 Å². The van der Waals surface area contributed by atoms with Crippen LogP contribution in [-0.2, 0) is 19.6 Å². The lowest BCUT2D eigenvalue weighted by Crippen LogP contribution is -2.32. The second-order valence-corrected chi connectivity index (χ2v) is 9.82. The highest BCUT2D eigenvalue weighted by atomic mass is 35.5. The first-order chi connectivity index (χ1) is 18.0. The van der Waals surface area contributed by atoms with Crippen LogP contribution in [0.4, 0.5) is 0 Å². The van der Waals surface area contributed by atoms with Crippen molar-refractivity contribution in [1.29, 1.82) is 0 Å². The highest BCUT2D eigenvalue weighted by Gasteiger charge is 2.34. The number of fused-ring (bicyclic) bond motifs is 3. The number of halogens is 1. The number of aryl methyl sites for hydroxylation is 1. The molecule has 188 valence electrons. The van der Waals surface area contributed by atoms with Crippen molar-refractivity contribution < 1.29 is 19.0 Å². The fraction of sp³-hybridized carbons (Fsp3) is 0.233. The van der Waals surface area contributed by atoms with E-state index in [-0.39, 0.29) is 5.78 Å². The Morgan fingerprint density at radius 2 is 1.97 bits per heavy atom. The topological polar surface area (TPSA) is 52.9 Å². The lowest BCUT2D eigenvalue weighted by Gasteiger charge is -2.30. The van der Waals surface area contributed by atoms with Crippen molar-refractivity contribution in [3.8, 4) is 17.2 Å². The third-order valence-electron chi connectivity index (χ3n) is 7.10. The summed E-state index contributed by atoms with van der Waals surface area (Å²) in [4.78, 5) is 15.7. The number of aromatic nitrogens is 1. The summed E-state index contributed by atoms with van der Waals surface area (Å²) in [5.41, 5.74) is 5.43. The smallest absolute Gasteiger partial charge is 0.231 e. The minimum absolute atomic E-state index is 0.121. The third kappa shape index (κ3) is 4.06. The number of methoxy groups -OCH3 is 1. The van der Waals surface area contributed by atoms with E-state index in [0.717, 1.165) is 56.2 Å². The Hall–Kier alpha value is -3.74. The molecule has 0 aliphatic carbocycles. The molecule has 7 heteroatoms. The summed E-state index contributed by atoms with van der Waals surface area (Å²) in [6, 6.07) is 15.7. The van der Waals surface area contributed by atoms with E-state index in [1.807, 2.05) is 67.7 Å². The van der Waals surface area contributed by atoms with Gasteiger partial charge in [-0.2, -0.15) is 0 Å². The van der Waals surface area contributed by atoms with Crippen LogP contribution in [0, 0.1) is 6.92 Å². The molecule has 0 fully saturated rings. The number of ether oxygens (including phenoxy) is 3. The quantitative estimate of drug-likeness (QED) is 0.281. The largest absolute Gasteiger partial charge is 0.497 e. The van der Waals surface area contributed by atoms with Crippen molar-refractivity contribution in [3.05, 3.63) is 93.3 Å². The van der Waals surface area contributed by atoms with Crippen LogP contribution < -0.4 is 14.2 Å². The summed E-state index contributed by atoms with van der Waals surface area (Å²) in [5, 5.41) is 1.74. The van der Waals surface area contributed by atoms with Crippen molar-refractivity contribution in [2.75, 3.05) is 13.8 Å². The van der Waals surface area contributed by atoms with Crippen molar-refractivity contribution >= 4 is 34.4 Å². The lowest BCUT2D eigenvalue weighted by molar-refractivity contribution is 0.0877. The van der Waals surface area contributed by atoms with Crippen molar-refractivity contribution in [3.63, 3.8) is 0 Å². The standard InChI is InChI=1S/C30H27ClN2O4/c1-4-33-16-20(23-13-22(35-3)9-10-26(23)33)12-27-28(34)24-11-21-15-32(14-19-7-5-6-8-25(19)31)17-36-29(21)18(2)30(24)37-27/h5-13,16H,4,14-15,17H2,1-3H3/b27-12-. The number of hydrogen-bond donors (Lipinski definition) is 0. The summed E-state index contributed by atoms with van der Waals surface area (Å²) in [6.07, 6.45) is 3.88. The molecule has 0 unspecified atom stereocenters. The molecule has 2 aliphatic heterocycles. The zero-order chi connectivity index (χ0) is 25.7. The number of hydrogen-bond acceptors (Lipinski definition) is 5. The summed E-state index contributed by atoms with van der Waals surface area (Å²) in [6.45, 7) is 6.62. The zero-order valence-corrected chi connectivity index (χ0v) is 21.8. The van der Waals surface area contributed by atoms with E-state index >= 15 is 0 Å². The minimum Gasteiger partial charge on any atom is -0.497 e. The second-order valence-electron chi connectivity index (χ2n) is 9.41. The van der Waals surface area contributed by atoms with Gasteiger partial charge in [0.2, 0.25) is 5.78 Å². The Morgan fingerprint density at radius 1 is 1.14 bits per heavy atom. The normalized spacial score (nSPS) is 16.0. The monoisotopic (exact) mass is 514 g/mol. The van der Waals surface area contributed by atoms with Crippen LogP contribution in [0.2, 0.25) is 5.02 Å². The van der Waals surface area contributed by atoms with E-state index in [1.165, 1.54) is 0 Å². The first-order valence-corrected chi connectivity index (χ1v) is 12.7. The average Bonchev–Trinajstić information content (AvgIpc) is 3.42. The van der Waals surface area contributed by atoms with Gasteiger partial charge in [0, 0.05) is 58.4 Å². The average molecular weight is 515 g/mol. The highest BCUT2D eigenvalue weighted by molar-refractivity contribution is 6.31. The molecule has 2 aliphatic rings. The molecule has 0 atom stereocenters. The maximum Gasteiger partial charge on any atom is 0.231 e. The van der Waals surface area contributed by atoms with Gasteiger partial charge in [-0.1, -0.05) is 29.8 Å². The molecule has 3 heterocycles. The number of benzene rings is 3. The summed E-state index contributed by atoms with van der Waals surface area (Å²) < 4.78 is 19.9. The molecule has 6 rings (SSSR count). The molecule has 0 saturated heterocycles. The third-order valence-corrected chi connectivity index (χ3v) is 7.47. The van der Waals surface area contributed by atoms with E-state index in [0.29, 0.717) is 36.9 Å². The summed E-state index contributed by atoms with van der Waals surface area (Å²) >= 11 is 6.37. The first kappa shape index (κ1) is 23.6. The summed E-state index contributed by atoms with van der Waals surface area (Å²) in [5.74, 6) is 2.32. The Balaban J connectivity index is 1.33. The van der Waals surface area contributed by atoms with Crippen molar-refractivity contribution in [1.82, 2.24) is 9.47 Å². The van der Waals surface area contributed by atoms with E-state index in [9.17, 15) is 4.79 Å². The molecule has 1 aromatic heterocycles. The maximum absolute atomic E-state index is 13.5. The number of nitrogens with zero attached hydrogens (tertiary/aromatic N) is 2. The number of carbonyl (C=O) groups excluding carboxylic acids is 1. The number of Topliss-reactive ketones (excluding diaryl/α,β-unsaturated/α-hetero) is 1. The van der Waals surface area contributed by atoms with Gasteiger partial charge in [-0.15, -0.1) is 0 Å². The molecular formula is C30H27ClN2O4. The molecule has 3 aromatic carbocycles. The van der Waals surface area contributed by atoms with Crippen LogP contribution in [0.25, 0.3) is 17.0 Å². The molecule has 0 bridgehead atoms. The Kier molecular flexibility index (Phi) is 5.94. The predicted octanol–water partition coefficient (Wildman–Crippen LogP) is 6.60. The van der Waals surface area contributed by atoms with Crippen LogP contribution in [0.3, 0.4) is 0 Å². The molecule has 0 spiro atoms.